The molecule has 0 saturated carbocycles. The molecule has 1 aliphatic rings. The molecule has 26 heavy (non-hydrogen) atoms. The van der Waals surface area contributed by atoms with E-state index in [1.165, 1.54) is 0 Å². The molecule has 0 amide bonds. The van der Waals surface area contributed by atoms with E-state index in [-0.39, 0.29) is 24.9 Å². The maximum Gasteiger partial charge on any atom is 0.307 e. The number of rotatable bonds is 7. The van der Waals surface area contributed by atoms with Crippen LogP contribution >= 0.6 is 28.3 Å². The predicted octanol–water partition coefficient (Wildman–Crippen LogP) is 3.62. The summed E-state index contributed by atoms with van der Waals surface area (Å²) in [6.45, 7) is 1.53. The van der Waals surface area contributed by atoms with Gasteiger partial charge in [0.15, 0.2) is 0 Å². The number of hydrogen-bond acceptors (Lipinski definition) is 6. The van der Waals surface area contributed by atoms with Crippen molar-refractivity contribution < 1.29 is 14.6 Å². The van der Waals surface area contributed by atoms with Gasteiger partial charge in [-0.25, -0.2) is 4.98 Å². The van der Waals surface area contributed by atoms with Crippen molar-refractivity contribution >= 4 is 51.8 Å². The number of aromatic nitrogens is 2. The Labute approximate surface area is 166 Å². The summed E-state index contributed by atoms with van der Waals surface area (Å²) in [5.74, 6) is 0.318. The number of halogens is 2. The summed E-state index contributed by atoms with van der Waals surface area (Å²) in [7, 11) is 0. The van der Waals surface area contributed by atoms with E-state index < -0.39 is 5.97 Å². The lowest BCUT2D eigenvalue weighted by molar-refractivity contribution is -0.136. The SMILES string of the molecule is Cl.O=C(O)Cc1ccc(Nc2ncc(Br)c(NCC3CCCO3)n2)cc1. The predicted molar refractivity (Wildman–Crippen MR) is 106 cm³/mol. The molecule has 9 heteroatoms. The van der Waals surface area contributed by atoms with E-state index in [1.807, 2.05) is 12.1 Å². The van der Waals surface area contributed by atoms with Crippen LogP contribution < -0.4 is 10.6 Å². The van der Waals surface area contributed by atoms with Crippen LogP contribution in [0, 0.1) is 0 Å². The van der Waals surface area contributed by atoms with E-state index in [2.05, 4.69) is 36.5 Å². The third kappa shape index (κ3) is 5.82. The van der Waals surface area contributed by atoms with Crippen molar-refractivity contribution in [2.24, 2.45) is 0 Å². The Morgan fingerprint density at radius 3 is 2.77 bits per heavy atom. The fourth-order valence-electron chi connectivity index (χ4n) is 2.58. The molecule has 1 fully saturated rings. The van der Waals surface area contributed by atoms with Crippen molar-refractivity contribution in [1.82, 2.24) is 9.97 Å². The first-order valence-electron chi connectivity index (χ1n) is 8.06. The first kappa shape index (κ1) is 20.4. The molecule has 1 aliphatic heterocycles. The van der Waals surface area contributed by atoms with E-state index in [0.29, 0.717) is 18.3 Å². The second-order valence-electron chi connectivity index (χ2n) is 5.80. The monoisotopic (exact) mass is 442 g/mol. The number of carboxylic acid groups (broad SMARTS) is 1. The minimum absolute atomic E-state index is 0. The molecule has 1 atom stereocenters. The zero-order chi connectivity index (χ0) is 17.6. The molecule has 1 aromatic carbocycles. The van der Waals surface area contributed by atoms with Crippen LogP contribution in [-0.2, 0) is 16.0 Å². The maximum absolute atomic E-state index is 10.7. The summed E-state index contributed by atoms with van der Waals surface area (Å²) >= 11 is 3.45. The zero-order valence-electron chi connectivity index (χ0n) is 13.9. The number of anilines is 3. The number of hydrogen-bond donors (Lipinski definition) is 3. The van der Waals surface area contributed by atoms with Crippen LogP contribution in [0.3, 0.4) is 0 Å². The van der Waals surface area contributed by atoms with E-state index >= 15 is 0 Å². The normalized spacial score (nSPS) is 16.0. The van der Waals surface area contributed by atoms with Crippen LogP contribution in [0.5, 0.6) is 0 Å². The molecule has 1 aromatic heterocycles. The lowest BCUT2D eigenvalue weighted by atomic mass is 10.1. The summed E-state index contributed by atoms with van der Waals surface area (Å²) in [5, 5.41) is 15.2. The highest BCUT2D eigenvalue weighted by Gasteiger charge is 2.16. The van der Waals surface area contributed by atoms with Gasteiger partial charge in [-0.1, -0.05) is 12.1 Å². The van der Waals surface area contributed by atoms with Crippen molar-refractivity contribution in [2.75, 3.05) is 23.8 Å². The van der Waals surface area contributed by atoms with Gasteiger partial charge in [-0.3, -0.25) is 4.79 Å². The minimum Gasteiger partial charge on any atom is -0.481 e. The average Bonchev–Trinajstić information content (AvgIpc) is 3.10. The molecule has 1 unspecified atom stereocenters. The van der Waals surface area contributed by atoms with Gasteiger partial charge in [0.05, 0.1) is 17.0 Å². The molecule has 2 aromatic rings. The third-order valence-electron chi connectivity index (χ3n) is 3.83. The number of nitrogens with one attached hydrogen (secondary N) is 2. The molecular formula is C17H20BrClN4O3. The second-order valence-corrected chi connectivity index (χ2v) is 6.65. The first-order chi connectivity index (χ1) is 12.1. The Bertz CT molecular complexity index is 739. The van der Waals surface area contributed by atoms with Gasteiger partial charge in [0.25, 0.3) is 0 Å². The summed E-state index contributed by atoms with van der Waals surface area (Å²) in [6.07, 6.45) is 4.07. The van der Waals surface area contributed by atoms with Crippen molar-refractivity contribution in [1.29, 1.82) is 0 Å². The largest absolute Gasteiger partial charge is 0.481 e. The van der Waals surface area contributed by atoms with Crippen LogP contribution in [0.2, 0.25) is 0 Å². The molecule has 7 nitrogen and oxygen atoms in total. The Kier molecular flexibility index (Phi) is 7.62. The molecule has 0 spiro atoms. The van der Waals surface area contributed by atoms with Crippen molar-refractivity contribution in [3.63, 3.8) is 0 Å². The molecule has 140 valence electrons. The molecule has 1 saturated heterocycles. The Morgan fingerprint density at radius 2 is 2.12 bits per heavy atom. The van der Waals surface area contributed by atoms with Crippen LogP contribution in [0.4, 0.5) is 17.5 Å². The Morgan fingerprint density at radius 1 is 1.35 bits per heavy atom. The van der Waals surface area contributed by atoms with Crippen molar-refractivity contribution in [3.05, 3.63) is 40.5 Å². The second kappa shape index (κ2) is 9.70. The van der Waals surface area contributed by atoms with E-state index in [1.54, 1.807) is 18.3 Å². The number of aliphatic carboxylic acids is 1. The highest BCUT2D eigenvalue weighted by atomic mass is 79.9. The van der Waals surface area contributed by atoms with Gasteiger partial charge in [0.1, 0.15) is 5.82 Å². The summed E-state index contributed by atoms with van der Waals surface area (Å²) in [4.78, 5) is 19.4. The van der Waals surface area contributed by atoms with Crippen LogP contribution in [-0.4, -0.2) is 40.3 Å². The number of benzene rings is 1. The molecule has 0 radical (unpaired) electrons. The summed E-state index contributed by atoms with van der Waals surface area (Å²) in [5.41, 5.74) is 1.54. The summed E-state index contributed by atoms with van der Waals surface area (Å²) in [6, 6.07) is 7.16. The van der Waals surface area contributed by atoms with Crippen LogP contribution in [0.15, 0.2) is 34.9 Å². The quantitative estimate of drug-likeness (QED) is 0.601. The van der Waals surface area contributed by atoms with Gasteiger partial charge in [-0.2, -0.15) is 4.98 Å². The lowest BCUT2D eigenvalue weighted by Gasteiger charge is -2.13. The molecular weight excluding hydrogens is 424 g/mol. The molecule has 2 heterocycles. The molecule has 0 bridgehead atoms. The highest BCUT2D eigenvalue weighted by Crippen LogP contribution is 2.23. The third-order valence-corrected chi connectivity index (χ3v) is 4.41. The number of ether oxygens (including phenoxy) is 1. The van der Waals surface area contributed by atoms with Gasteiger partial charge in [0.2, 0.25) is 5.95 Å². The van der Waals surface area contributed by atoms with E-state index in [9.17, 15) is 4.79 Å². The fourth-order valence-corrected chi connectivity index (χ4v) is 2.91. The van der Waals surface area contributed by atoms with Crippen LogP contribution in [0.25, 0.3) is 0 Å². The van der Waals surface area contributed by atoms with E-state index in [4.69, 9.17) is 9.84 Å². The standard InChI is InChI=1S/C17H19BrN4O3.ClH/c18-14-10-20-17(22-16(14)19-9-13-2-1-7-25-13)21-12-5-3-11(4-6-12)8-15(23)24;/h3-6,10,13H,1-2,7-9H2,(H,23,24)(H2,19,20,21,22);1H. The van der Waals surface area contributed by atoms with Gasteiger partial charge >= 0.3 is 5.97 Å². The number of carbonyl (C=O) groups is 1. The molecule has 0 aliphatic carbocycles. The van der Waals surface area contributed by atoms with Gasteiger partial charge < -0.3 is 20.5 Å². The van der Waals surface area contributed by atoms with E-state index in [0.717, 1.165) is 35.2 Å². The Hall–Kier alpha value is -1.90. The first-order valence-corrected chi connectivity index (χ1v) is 8.85. The fraction of sp³-hybridized carbons (Fsp3) is 0.353. The van der Waals surface area contributed by atoms with Gasteiger partial charge in [-0.15, -0.1) is 12.4 Å². The number of carboxylic acids is 1. The Balaban J connectivity index is 0.00000243. The van der Waals surface area contributed by atoms with Crippen LogP contribution in [0.1, 0.15) is 18.4 Å². The van der Waals surface area contributed by atoms with Gasteiger partial charge in [0, 0.05) is 25.0 Å². The molecule has 3 rings (SSSR count). The molecule has 3 N–H and O–H groups in total. The van der Waals surface area contributed by atoms with Gasteiger partial charge in [-0.05, 0) is 46.5 Å². The smallest absolute Gasteiger partial charge is 0.307 e. The lowest BCUT2D eigenvalue weighted by Crippen LogP contribution is -2.19. The van der Waals surface area contributed by atoms with Crippen molar-refractivity contribution in [3.8, 4) is 0 Å². The minimum atomic E-state index is -0.848. The topological polar surface area (TPSA) is 96.4 Å². The zero-order valence-corrected chi connectivity index (χ0v) is 16.3. The number of nitrogens with zero attached hydrogens (tertiary/aromatic N) is 2. The maximum atomic E-state index is 10.7. The van der Waals surface area contributed by atoms with Crippen molar-refractivity contribution in [2.45, 2.75) is 25.4 Å². The highest BCUT2D eigenvalue weighted by molar-refractivity contribution is 9.10. The average molecular weight is 444 g/mol. The summed E-state index contributed by atoms with van der Waals surface area (Å²) < 4.78 is 6.39.